The number of aromatic hydroxyl groups is 1. The number of para-hydroxylation sites is 4. The number of halogens is 2. The summed E-state index contributed by atoms with van der Waals surface area (Å²) in [5.74, 6) is -1.80. The van der Waals surface area contributed by atoms with Crippen molar-refractivity contribution in [1.82, 2.24) is 0 Å². The molecule has 8 aromatic rings. The molecule has 0 aromatic heterocycles. The summed E-state index contributed by atoms with van der Waals surface area (Å²) in [6, 6.07) is 35.7. The van der Waals surface area contributed by atoms with Crippen LogP contribution in [0.5, 0.6) is 23.0 Å². The minimum Gasteiger partial charge on any atom is -0.871 e. The van der Waals surface area contributed by atoms with Crippen molar-refractivity contribution in [3.05, 3.63) is 166 Å². The first-order valence-electron chi connectivity index (χ1n) is 22.1. The van der Waals surface area contributed by atoms with Gasteiger partial charge in [-0.25, -0.2) is 0 Å². The van der Waals surface area contributed by atoms with Gasteiger partial charge in [-0.3, -0.25) is 18.9 Å². The van der Waals surface area contributed by atoms with Crippen molar-refractivity contribution < 1.29 is 55.5 Å². The summed E-state index contributed by atoms with van der Waals surface area (Å²) in [5, 5.41) is 58.0. The van der Waals surface area contributed by atoms with Gasteiger partial charge in [0.25, 0.3) is 26.1 Å². The number of aliphatic imine (C=N–C) groups is 1. The molecular weight excluding hydrogens is 1170 g/mol. The number of amides is 1. The van der Waals surface area contributed by atoms with Crippen LogP contribution in [0.25, 0.3) is 21.5 Å². The molecule has 8 aromatic carbocycles. The van der Waals surface area contributed by atoms with Crippen molar-refractivity contribution in [2.24, 2.45) is 25.4 Å². The normalized spacial score (nSPS) is 11.9. The van der Waals surface area contributed by atoms with E-state index in [9.17, 15) is 46.1 Å². The molecule has 0 saturated carbocycles. The number of nitrogens with zero attached hydrogens (tertiary/aromatic N) is 5. The molecule has 8 rings (SSSR count). The largest absolute Gasteiger partial charge is 2.00 e. The molecule has 18 nitrogen and oxygen atoms in total. The molecule has 0 spiro atoms. The zero-order valence-electron chi connectivity index (χ0n) is 40.1. The predicted molar refractivity (Wildman–Crippen MR) is 284 cm³/mol. The number of ether oxygens (including phenoxy) is 2. The maximum absolute atomic E-state index is 13.4. The third kappa shape index (κ3) is 13.3. The van der Waals surface area contributed by atoms with Crippen molar-refractivity contribution in [1.29, 1.82) is 0 Å². The minimum atomic E-state index is -4.75. The van der Waals surface area contributed by atoms with Crippen molar-refractivity contribution >= 4 is 160 Å². The van der Waals surface area contributed by atoms with Crippen molar-refractivity contribution in [3.63, 3.8) is 0 Å². The molecule has 0 fully saturated rings. The molecule has 23 heteroatoms. The fraction of sp³-hybridized carbons (Fsp3) is 0.115. The van der Waals surface area contributed by atoms with Crippen molar-refractivity contribution in [3.8, 4) is 23.0 Å². The van der Waals surface area contributed by atoms with Gasteiger partial charge in [-0.05, 0) is 110 Å². The number of carbonyl (C=O) groups excluding carboxylic acids is 1. The number of azo groups is 2. The Hall–Kier alpha value is -6.41. The Morgan fingerprint density at radius 3 is 1.60 bits per heavy atom. The molecule has 0 unspecified atom stereocenters. The quantitative estimate of drug-likeness (QED) is 0.0260. The molecule has 0 aliphatic carbocycles. The topological polar surface area (TPSA) is 284 Å². The summed E-state index contributed by atoms with van der Waals surface area (Å²) in [6.07, 6.45) is 0. The van der Waals surface area contributed by atoms with Gasteiger partial charge in [-0.15, -0.1) is 15.3 Å². The maximum atomic E-state index is 13.4. The van der Waals surface area contributed by atoms with E-state index in [1.54, 1.807) is 118 Å². The van der Waals surface area contributed by atoms with Crippen molar-refractivity contribution in [2.75, 3.05) is 18.5 Å². The van der Waals surface area contributed by atoms with E-state index in [-0.39, 0.29) is 98.5 Å². The van der Waals surface area contributed by atoms with E-state index >= 15 is 0 Å². The van der Waals surface area contributed by atoms with Crippen LogP contribution in [0.2, 0.25) is 10.0 Å². The molecule has 0 radical (unpaired) electrons. The zero-order chi connectivity index (χ0) is 53.5. The molecule has 0 aliphatic heterocycles. The zero-order valence-corrected chi connectivity index (χ0v) is 47.7. The minimum absolute atomic E-state index is 0. The summed E-state index contributed by atoms with van der Waals surface area (Å²) in [6.45, 7) is 7.49. The van der Waals surface area contributed by atoms with E-state index in [4.69, 9.17) is 32.7 Å². The number of anilines is 1. The number of benzene rings is 8. The summed E-state index contributed by atoms with van der Waals surface area (Å²) < 4.78 is 78.3. The van der Waals surface area contributed by atoms with Crippen LogP contribution in [0.15, 0.2) is 169 Å². The maximum Gasteiger partial charge on any atom is 2.00 e. The predicted octanol–water partition coefficient (Wildman–Crippen LogP) is 11.8. The second-order valence-electron chi connectivity index (χ2n) is 15.8. The Morgan fingerprint density at radius 1 is 0.613 bits per heavy atom. The van der Waals surface area contributed by atoms with Crippen LogP contribution in [-0.2, 0) is 20.2 Å². The van der Waals surface area contributed by atoms with Crippen LogP contribution in [-0.4, -0.2) is 105 Å². The van der Waals surface area contributed by atoms with Gasteiger partial charge in [0.15, 0.2) is 5.75 Å². The molecular formula is C52H42BaCl2N6O12S2. The van der Waals surface area contributed by atoms with Gasteiger partial charge in [0.2, 0.25) is 0 Å². The van der Waals surface area contributed by atoms with Gasteiger partial charge in [-0.1, -0.05) is 114 Å². The van der Waals surface area contributed by atoms with E-state index < -0.39 is 53.3 Å². The molecule has 0 aliphatic rings. The van der Waals surface area contributed by atoms with E-state index in [0.717, 1.165) is 0 Å². The molecule has 0 bridgehead atoms. The fourth-order valence-electron chi connectivity index (χ4n) is 7.43. The van der Waals surface area contributed by atoms with E-state index in [0.29, 0.717) is 63.1 Å². The number of hydrogen-bond donors (Lipinski definition) is 4. The number of aryl methyl sites for hydroxylation is 2. The Kier molecular flexibility index (Phi) is 19.3. The molecule has 0 saturated heterocycles. The summed E-state index contributed by atoms with van der Waals surface area (Å²) in [5.41, 5.74) is 0.351. The van der Waals surface area contributed by atoms with Gasteiger partial charge in [0.05, 0.1) is 40.2 Å². The average Bonchev–Trinajstić information content (AvgIpc) is 3.35. The Bertz CT molecular complexity index is 3830. The number of carbonyl (C=O) groups is 1. The van der Waals surface area contributed by atoms with Gasteiger partial charge in [-0.2, -0.15) is 21.9 Å². The molecule has 0 heterocycles. The van der Waals surface area contributed by atoms with E-state index in [1.807, 2.05) is 6.92 Å². The fourth-order valence-corrected chi connectivity index (χ4v) is 9.84. The molecule has 380 valence electrons. The second-order valence-corrected chi connectivity index (χ2v) is 19.3. The SMILES string of the molecule is CCOc1ccccc1N=C([O-])c1cc2ccccc2c(N=Nc2c(C)ccc(Cl)c2S(=O)(=O)O)c1[O-].CCOc1ccccc1NC(=O)c1cc2ccccc2c(N=Nc2c(C)ccc(Cl)c2S(=O)(=O)O)c1O.[Ba+2]. The smallest absolute Gasteiger partial charge is 0.871 e. The first-order chi connectivity index (χ1) is 35.2. The van der Waals surface area contributed by atoms with Crippen molar-refractivity contribution in [2.45, 2.75) is 37.5 Å². The number of fused-ring (bicyclic) bond motifs is 2. The molecule has 1 amide bonds. The van der Waals surface area contributed by atoms with Crippen LogP contribution in [0.1, 0.15) is 40.9 Å². The second kappa shape index (κ2) is 25.0. The number of phenolic OH excluding ortho intramolecular Hbond substituents is 1. The number of rotatable bonds is 14. The first kappa shape index (κ1) is 57.9. The standard InChI is InChI=1S/2C26H22ClN3O6S.Ba/c2*1-3-36-21-11-7-6-10-20(21)28-26(32)18-14-16-8-4-5-9-17(16)23(24(18)31)30-29-22-15(2)12-13-19(27)25(22)37(33,34)35;/h2*4-14,31H,3H2,1-2H3,(H,28,32)(H,33,34,35);/q;;+2/p-2. The monoisotopic (exact) mass is 1210 g/mol. The average molecular weight is 1220 g/mol. The Balaban J connectivity index is 0.000000241. The van der Waals surface area contributed by atoms with E-state index in [2.05, 4.69) is 30.8 Å². The van der Waals surface area contributed by atoms with Crippen LogP contribution < -0.4 is 25.0 Å². The number of phenols is 1. The van der Waals surface area contributed by atoms with E-state index in [1.165, 1.54) is 36.4 Å². The van der Waals surface area contributed by atoms with Gasteiger partial charge >= 0.3 is 48.9 Å². The Labute approximate surface area is 481 Å². The molecule has 75 heavy (non-hydrogen) atoms. The van der Waals surface area contributed by atoms with Gasteiger partial charge in [0.1, 0.15) is 44.0 Å². The third-order valence-electron chi connectivity index (χ3n) is 10.9. The third-order valence-corrected chi connectivity index (χ3v) is 13.6. The summed E-state index contributed by atoms with van der Waals surface area (Å²) in [7, 11) is -9.49. The van der Waals surface area contributed by atoms with Crippen LogP contribution >= 0.6 is 23.2 Å². The van der Waals surface area contributed by atoms with Gasteiger partial charge < -0.3 is 30.1 Å². The molecule has 4 N–H and O–H groups in total. The summed E-state index contributed by atoms with van der Waals surface area (Å²) >= 11 is 12.0. The van der Waals surface area contributed by atoms with Gasteiger partial charge in [0, 0.05) is 10.8 Å². The van der Waals surface area contributed by atoms with Crippen LogP contribution in [0.3, 0.4) is 0 Å². The molecule has 0 atom stereocenters. The first-order valence-corrected chi connectivity index (χ1v) is 25.7. The van der Waals surface area contributed by atoms with Crippen LogP contribution in [0.4, 0.5) is 34.1 Å². The Morgan fingerprint density at radius 2 is 1.05 bits per heavy atom. The number of nitrogens with one attached hydrogen (secondary N) is 1. The number of hydrogen-bond acceptors (Lipinski definition) is 15. The van der Waals surface area contributed by atoms with Crippen LogP contribution in [0, 0.1) is 13.8 Å². The summed E-state index contributed by atoms with van der Waals surface area (Å²) in [4.78, 5) is 16.1.